The van der Waals surface area contributed by atoms with Crippen molar-refractivity contribution in [2.45, 2.75) is 18.1 Å². The zero-order chi connectivity index (χ0) is 13.3. The molecule has 0 saturated carbocycles. The fraction of sp³-hybridized carbons (Fsp3) is 0.385. The molecule has 0 radical (unpaired) electrons. The molecule has 0 saturated heterocycles. The predicted molar refractivity (Wildman–Crippen MR) is 74.3 cm³/mol. The zero-order valence-electron chi connectivity index (χ0n) is 10.6. The molecule has 0 spiro atoms. The lowest BCUT2D eigenvalue weighted by molar-refractivity contribution is 0.342. The van der Waals surface area contributed by atoms with Crippen molar-refractivity contribution in [1.29, 1.82) is 0 Å². The first kappa shape index (κ1) is 13.9. The van der Waals surface area contributed by atoms with Gasteiger partial charge in [-0.05, 0) is 25.1 Å². The van der Waals surface area contributed by atoms with Crippen LogP contribution < -0.4 is 10.5 Å². The Kier molecular flexibility index (Phi) is 5.71. The Labute approximate surface area is 116 Å². The molecule has 0 aliphatic rings. The molecular weight excluding hydrogens is 262 g/mol. The monoisotopic (exact) mass is 279 g/mol. The molecule has 0 aliphatic heterocycles. The summed E-state index contributed by atoms with van der Waals surface area (Å²) in [5.41, 5.74) is 5.43. The van der Waals surface area contributed by atoms with E-state index >= 15 is 0 Å². The predicted octanol–water partition coefficient (Wildman–Crippen LogP) is 2.13. The van der Waals surface area contributed by atoms with Crippen LogP contribution in [0.2, 0.25) is 0 Å². The Bertz CT molecular complexity index is 476. The SMILES string of the molecule is NCCCc1nnc(SCCOc2ccccc2)o1. The van der Waals surface area contributed by atoms with E-state index in [4.69, 9.17) is 14.9 Å². The summed E-state index contributed by atoms with van der Waals surface area (Å²) < 4.78 is 11.0. The number of ether oxygens (including phenoxy) is 1. The van der Waals surface area contributed by atoms with Crippen LogP contribution in [0, 0.1) is 0 Å². The summed E-state index contributed by atoms with van der Waals surface area (Å²) >= 11 is 1.50. The molecule has 5 nitrogen and oxygen atoms in total. The molecule has 6 heteroatoms. The van der Waals surface area contributed by atoms with E-state index in [1.54, 1.807) is 0 Å². The van der Waals surface area contributed by atoms with Crippen molar-refractivity contribution < 1.29 is 9.15 Å². The minimum Gasteiger partial charge on any atom is -0.493 e. The van der Waals surface area contributed by atoms with Gasteiger partial charge >= 0.3 is 0 Å². The lowest BCUT2D eigenvalue weighted by Gasteiger charge is -2.03. The number of aromatic nitrogens is 2. The number of aryl methyl sites for hydroxylation is 1. The second kappa shape index (κ2) is 7.81. The van der Waals surface area contributed by atoms with Gasteiger partial charge < -0.3 is 14.9 Å². The highest BCUT2D eigenvalue weighted by Crippen LogP contribution is 2.17. The number of rotatable bonds is 8. The Morgan fingerprint density at radius 3 is 2.84 bits per heavy atom. The van der Waals surface area contributed by atoms with Gasteiger partial charge in [0.25, 0.3) is 5.22 Å². The van der Waals surface area contributed by atoms with Crippen LogP contribution >= 0.6 is 11.8 Å². The van der Waals surface area contributed by atoms with Crippen molar-refractivity contribution in [2.24, 2.45) is 5.73 Å². The van der Waals surface area contributed by atoms with E-state index in [1.165, 1.54) is 11.8 Å². The van der Waals surface area contributed by atoms with Crippen LogP contribution in [0.1, 0.15) is 12.3 Å². The average molecular weight is 279 g/mol. The van der Waals surface area contributed by atoms with E-state index in [1.807, 2.05) is 30.3 Å². The molecule has 2 rings (SSSR count). The molecule has 0 fully saturated rings. The van der Waals surface area contributed by atoms with Gasteiger partial charge in [-0.1, -0.05) is 30.0 Å². The molecule has 0 aliphatic carbocycles. The third kappa shape index (κ3) is 4.92. The van der Waals surface area contributed by atoms with E-state index in [0.717, 1.165) is 24.3 Å². The molecule has 0 unspecified atom stereocenters. The third-order valence-corrected chi connectivity index (χ3v) is 3.15. The van der Waals surface area contributed by atoms with Gasteiger partial charge in [0.1, 0.15) is 5.75 Å². The molecule has 0 bridgehead atoms. The minimum atomic E-state index is 0.587. The van der Waals surface area contributed by atoms with Crippen molar-refractivity contribution in [2.75, 3.05) is 18.9 Å². The number of thioether (sulfide) groups is 1. The Hall–Kier alpha value is -1.53. The fourth-order valence-corrected chi connectivity index (χ4v) is 2.05. The normalized spacial score (nSPS) is 10.6. The highest BCUT2D eigenvalue weighted by atomic mass is 32.2. The molecule has 2 aromatic rings. The molecule has 0 amide bonds. The maximum absolute atomic E-state index is 5.57. The van der Waals surface area contributed by atoms with E-state index in [2.05, 4.69) is 10.2 Å². The van der Waals surface area contributed by atoms with Crippen molar-refractivity contribution in [3.05, 3.63) is 36.2 Å². The van der Waals surface area contributed by atoms with Gasteiger partial charge in [-0.25, -0.2) is 0 Å². The third-order valence-electron chi connectivity index (χ3n) is 2.36. The summed E-state index contributed by atoms with van der Waals surface area (Å²) in [5.74, 6) is 2.29. The quantitative estimate of drug-likeness (QED) is 0.589. The second-order valence-electron chi connectivity index (χ2n) is 3.86. The van der Waals surface area contributed by atoms with Gasteiger partial charge in [-0.3, -0.25) is 0 Å². The van der Waals surface area contributed by atoms with E-state index < -0.39 is 0 Å². The maximum Gasteiger partial charge on any atom is 0.276 e. The van der Waals surface area contributed by atoms with Crippen molar-refractivity contribution in [3.8, 4) is 5.75 Å². The molecule has 1 heterocycles. The summed E-state index contributed by atoms with van der Waals surface area (Å²) in [7, 11) is 0. The van der Waals surface area contributed by atoms with Crippen LogP contribution in [0.4, 0.5) is 0 Å². The van der Waals surface area contributed by atoms with Crippen molar-refractivity contribution in [1.82, 2.24) is 10.2 Å². The van der Waals surface area contributed by atoms with Crippen molar-refractivity contribution >= 4 is 11.8 Å². The van der Waals surface area contributed by atoms with Gasteiger partial charge in [-0.15, -0.1) is 10.2 Å². The van der Waals surface area contributed by atoms with Crippen LogP contribution in [0.15, 0.2) is 40.0 Å². The second-order valence-corrected chi connectivity index (χ2v) is 4.91. The Morgan fingerprint density at radius 1 is 1.21 bits per heavy atom. The first-order valence-corrected chi connectivity index (χ1v) is 7.20. The number of nitrogens with two attached hydrogens (primary N) is 1. The van der Waals surface area contributed by atoms with E-state index in [0.29, 0.717) is 24.3 Å². The first-order chi connectivity index (χ1) is 9.38. The van der Waals surface area contributed by atoms with Crippen LogP contribution in [0.5, 0.6) is 5.75 Å². The number of hydrogen-bond donors (Lipinski definition) is 1. The van der Waals surface area contributed by atoms with E-state index in [-0.39, 0.29) is 0 Å². The summed E-state index contributed by atoms with van der Waals surface area (Å²) in [6.07, 6.45) is 1.61. The maximum atomic E-state index is 5.57. The molecule has 1 aromatic heterocycles. The van der Waals surface area contributed by atoms with Gasteiger partial charge in [0.15, 0.2) is 0 Å². The van der Waals surface area contributed by atoms with Gasteiger partial charge in [-0.2, -0.15) is 0 Å². The molecule has 0 atom stereocenters. The standard InChI is InChI=1S/C13H17N3O2S/c14-8-4-7-12-15-16-13(18-12)19-10-9-17-11-5-2-1-3-6-11/h1-3,5-6H,4,7-10,14H2. The summed E-state index contributed by atoms with van der Waals surface area (Å²) in [4.78, 5) is 0. The van der Waals surface area contributed by atoms with Gasteiger partial charge in [0.05, 0.1) is 6.61 Å². The first-order valence-electron chi connectivity index (χ1n) is 6.21. The molecule has 1 aromatic carbocycles. The summed E-state index contributed by atoms with van der Waals surface area (Å²) in [6.45, 7) is 1.24. The zero-order valence-corrected chi connectivity index (χ0v) is 11.4. The Morgan fingerprint density at radius 2 is 2.05 bits per heavy atom. The largest absolute Gasteiger partial charge is 0.493 e. The topological polar surface area (TPSA) is 74.2 Å². The minimum absolute atomic E-state index is 0.587. The average Bonchev–Trinajstić information content (AvgIpc) is 2.90. The summed E-state index contributed by atoms with van der Waals surface area (Å²) in [5, 5.41) is 8.51. The van der Waals surface area contributed by atoms with Crippen LogP contribution in [0.3, 0.4) is 0 Å². The molecule has 102 valence electrons. The highest BCUT2D eigenvalue weighted by molar-refractivity contribution is 7.99. The van der Waals surface area contributed by atoms with Crippen LogP contribution in [-0.4, -0.2) is 29.1 Å². The number of hydrogen-bond acceptors (Lipinski definition) is 6. The van der Waals surface area contributed by atoms with Gasteiger partial charge in [0, 0.05) is 12.2 Å². The lowest BCUT2D eigenvalue weighted by Crippen LogP contribution is -2.00. The number of para-hydroxylation sites is 1. The molecule has 19 heavy (non-hydrogen) atoms. The molecule has 2 N–H and O–H groups in total. The number of nitrogens with zero attached hydrogens (tertiary/aromatic N) is 2. The van der Waals surface area contributed by atoms with Crippen LogP contribution in [0.25, 0.3) is 0 Å². The Balaban J connectivity index is 1.66. The number of benzene rings is 1. The van der Waals surface area contributed by atoms with Gasteiger partial charge in [0.2, 0.25) is 5.89 Å². The smallest absolute Gasteiger partial charge is 0.276 e. The molecular formula is C13H17N3O2S. The lowest BCUT2D eigenvalue weighted by atomic mass is 10.3. The highest BCUT2D eigenvalue weighted by Gasteiger charge is 2.06. The van der Waals surface area contributed by atoms with Crippen LogP contribution in [-0.2, 0) is 6.42 Å². The fourth-order valence-electron chi connectivity index (χ4n) is 1.46. The summed E-state index contributed by atoms with van der Waals surface area (Å²) in [6, 6.07) is 9.72. The van der Waals surface area contributed by atoms with Crippen molar-refractivity contribution in [3.63, 3.8) is 0 Å². The van der Waals surface area contributed by atoms with E-state index in [9.17, 15) is 0 Å².